The quantitative estimate of drug-likeness (QED) is 0.611. The Morgan fingerprint density at radius 2 is 1.89 bits per heavy atom. The maximum atomic E-state index is 11.6. The molecule has 0 aromatic rings. The molecule has 0 spiro atoms. The smallest absolute Gasteiger partial charge is 0.322 e. The van der Waals surface area contributed by atoms with Crippen LogP contribution in [-0.4, -0.2) is 43.4 Å². The molecule has 0 amide bonds. The van der Waals surface area contributed by atoms with Crippen molar-refractivity contribution in [3.05, 3.63) is 0 Å². The minimum absolute atomic E-state index is 0.108. The van der Waals surface area contributed by atoms with E-state index in [0.717, 1.165) is 0 Å². The molecule has 0 radical (unpaired) electrons. The lowest BCUT2D eigenvalue weighted by atomic mass is 10.0. The highest BCUT2D eigenvalue weighted by atomic mass is 32.2. The first-order chi connectivity index (χ1) is 8.08. The highest BCUT2D eigenvalue weighted by molar-refractivity contribution is 7.90. The van der Waals surface area contributed by atoms with E-state index in [1.54, 1.807) is 20.8 Å². The van der Waals surface area contributed by atoms with Crippen molar-refractivity contribution in [2.24, 2.45) is 0 Å². The molecule has 0 aromatic heterocycles. The third-order valence-corrected chi connectivity index (χ3v) is 3.49. The minimum atomic E-state index is -3.83. The van der Waals surface area contributed by atoms with Crippen molar-refractivity contribution < 1.29 is 27.9 Å². The molecular weight excluding hydrogens is 262 g/mol. The number of rotatable bonds is 8. The molecule has 0 unspecified atom stereocenters. The number of carboxylic acids is 1. The number of hydrogen-bond acceptors (Lipinski definition) is 5. The lowest BCUT2D eigenvalue weighted by molar-refractivity contribution is -0.140. The van der Waals surface area contributed by atoms with Crippen LogP contribution in [0, 0.1) is 0 Å². The van der Waals surface area contributed by atoms with Crippen LogP contribution in [0.5, 0.6) is 0 Å². The Kier molecular flexibility index (Phi) is 6.27. The first-order valence-corrected chi connectivity index (χ1v) is 7.12. The molecule has 2 N–H and O–H groups in total. The van der Waals surface area contributed by atoms with Gasteiger partial charge in [0.25, 0.3) is 0 Å². The molecule has 0 rings (SSSR count). The molecule has 0 saturated carbocycles. The van der Waals surface area contributed by atoms with Crippen LogP contribution in [-0.2, 0) is 24.3 Å². The highest BCUT2D eigenvalue weighted by Crippen LogP contribution is 2.13. The lowest BCUT2D eigenvalue weighted by Gasteiger charge is -2.24. The molecule has 0 saturated heterocycles. The molecule has 18 heavy (non-hydrogen) atoms. The Balaban J connectivity index is 4.46. The summed E-state index contributed by atoms with van der Waals surface area (Å²) in [6, 6.07) is 0. The molecule has 0 heterocycles. The van der Waals surface area contributed by atoms with E-state index in [1.165, 1.54) is 0 Å². The first kappa shape index (κ1) is 16.9. The van der Waals surface area contributed by atoms with E-state index in [9.17, 15) is 18.0 Å². The molecule has 0 fully saturated rings. The zero-order chi connectivity index (χ0) is 14.4. The largest absolute Gasteiger partial charge is 0.481 e. The average Bonchev–Trinajstić information content (AvgIpc) is 2.12. The Labute approximate surface area is 107 Å². The van der Waals surface area contributed by atoms with Gasteiger partial charge in [-0.1, -0.05) is 0 Å². The van der Waals surface area contributed by atoms with Gasteiger partial charge in [-0.25, -0.2) is 13.1 Å². The Bertz CT molecular complexity index is 401. The van der Waals surface area contributed by atoms with E-state index < -0.39 is 33.3 Å². The summed E-state index contributed by atoms with van der Waals surface area (Å²) in [6.07, 6.45) is -0.0285. The SMILES string of the molecule is CCOC(=O)CS(=O)(=O)NC(C)(C)CCC(=O)O. The number of ether oxygens (including phenoxy) is 1. The van der Waals surface area contributed by atoms with Gasteiger partial charge in [0.05, 0.1) is 6.61 Å². The van der Waals surface area contributed by atoms with Crippen molar-refractivity contribution in [2.45, 2.75) is 39.2 Å². The minimum Gasteiger partial charge on any atom is -0.481 e. The monoisotopic (exact) mass is 281 g/mol. The Morgan fingerprint density at radius 1 is 1.33 bits per heavy atom. The van der Waals surface area contributed by atoms with Gasteiger partial charge < -0.3 is 9.84 Å². The standard InChI is InChI=1S/C10H19NO6S/c1-4-17-9(14)7-18(15,16)11-10(2,3)6-5-8(12)13/h11H,4-7H2,1-3H3,(H,12,13). The topological polar surface area (TPSA) is 110 Å². The first-order valence-electron chi connectivity index (χ1n) is 5.47. The van der Waals surface area contributed by atoms with Crippen molar-refractivity contribution in [3.8, 4) is 0 Å². The summed E-state index contributed by atoms with van der Waals surface area (Å²) >= 11 is 0. The van der Waals surface area contributed by atoms with Gasteiger partial charge >= 0.3 is 11.9 Å². The number of sulfonamides is 1. The van der Waals surface area contributed by atoms with E-state index in [4.69, 9.17) is 5.11 Å². The van der Waals surface area contributed by atoms with Gasteiger partial charge in [-0.15, -0.1) is 0 Å². The number of nitrogens with one attached hydrogen (secondary N) is 1. The van der Waals surface area contributed by atoms with Crippen LogP contribution in [0.3, 0.4) is 0 Å². The fourth-order valence-electron chi connectivity index (χ4n) is 1.29. The fraction of sp³-hybridized carbons (Fsp3) is 0.800. The molecule has 8 heteroatoms. The predicted octanol–water partition coefficient (Wildman–Crippen LogP) is 0.112. The average molecular weight is 281 g/mol. The van der Waals surface area contributed by atoms with Crippen molar-refractivity contribution in [2.75, 3.05) is 12.4 Å². The second kappa shape index (κ2) is 6.69. The number of esters is 1. The van der Waals surface area contributed by atoms with Crippen molar-refractivity contribution >= 4 is 22.0 Å². The van der Waals surface area contributed by atoms with Gasteiger partial charge in [0.2, 0.25) is 10.0 Å². The number of carboxylic acid groups (broad SMARTS) is 1. The number of hydrogen-bond donors (Lipinski definition) is 2. The van der Waals surface area contributed by atoms with Crippen LogP contribution in [0.25, 0.3) is 0 Å². The van der Waals surface area contributed by atoms with Crippen molar-refractivity contribution in [3.63, 3.8) is 0 Å². The fourth-order valence-corrected chi connectivity index (χ4v) is 2.70. The summed E-state index contributed by atoms with van der Waals surface area (Å²) in [4.78, 5) is 21.5. The number of carbonyl (C=O) groups is 2. The zero-order valence-electron chi connectivity index (χ0n) is 10.7. The molecule has 0 aromatic carbocycles. The van der Waals surface area contributed by atoms with Crippen LogP contribution in [0.15, 0.2) is 0 Å². The molecule has 0 bridgehead atoms. The van der Waals surface area contributed by atoms with Gasteiger partial charge in [0, 0.05) is 12.0 Å². The van der Waals surface area contributed by atoms with Gasteiger partial charge in [-0.05, 0) is 27.2 Å². The second-order valence-corrected chi connectivity index (χ2v) is 6.17. The molecule has 7 nitrogen and oxygen atoms in total. The highest BCUT2D eigenvalue weighted by Gasteiger charge is 2.27. The summed E-state index contributed by atoms with van der Waals surface area (Å²) in [5, 5.41) is 8.54. The maximum absolute atomic E-state index is 11.6. The summed E-state index contributed by atoms with van der Waals surface area (Å²) in [7, 11) is -3.83. The lowest BCUT2D eigenvalue weighted by Crippen LogP contribution is -2.45. The van der Waals surface area contributed by atoms with Crippen LogP contribution in [0.2, 0.25) is 0 Å². The second-order valence-electron chi connectivity index (χ2n) is 4.44. The summed E-state index contributed by atoms with van der Waals surface area (Å²) < 4.78 is 30.1. The molecule has 106 valence electrons. The van der Waals surface area contributed by atoms with E-state index in [2.05, 4.69) is 9.46 Å². The van der Waals surface area contributed by atoms with E-state index in [1.807, 2.05) is 0 Å². The van der Waals surface area contributed by atoms with E-state index in [-0.39, 0.29) is 19.4 Å². The Hall–Kier alpha value is -1.15. The van der Waals surface area contributed by atoms with E-state index >= 15 is 0 Å². The van der Waals surface area contributed by atoms with Crippen molar-refractivity contribution in [1.29, 1.82) is 0 Å². The third-order valence-electron chi connectivity index (χ3n) is 2.01. The molecule has 0 aliphatic rings. The van der Waals surface area contributed by atoms with Crippen LogP contribution >= 0.6 is 0 Å². The van der Waals surface area contributed by atoms with E-state index in [0.29, 0.717) is 0 Å². The maximum Gasteiger partial charge on any atom is 0.322 e. The summed E-state index contributed by atoms with van der Waals surface area (Å²) in [5.74, 6) is -2.61. The van der Waals surface area contributed by atoms with Gasteiger partial charge in [0.15, 0.2) is 5.75 Å². The van der Waals surface area contributed by atoms with Crippen LogP contribution in [0.1, 0.15) is 33.6 Å². The summed E-state index contributed by atoms with van der Waals surface area (Å²) in [6.45, 7) is 4.79. The zero-order valence-corrected chi connectivity index (χ0v) is 11.5. The molecule has 0 atom stereocenters. The van der Waals surface area contributed by atoms with Crippen molar-refractivity contribution in [1.82, 2.24) is 4.72 Å². The molecular formula is C10H19NO6S. The predicted molar refractivity (Wildman–Crippen MR) is 64.5 cm³/mol. The molecule has 0 aliphatic heterocycles. The van der Waals surface area contributed by atoms with Crippen LogP contribution in [0.4, 0.5) is 0 Å². The number of carbonyl (C=O) groups excluding carboxylic acids is 1. The van der Waals surface area contributed by atoms with Gasteiger partial charge in [0.1, 0.15) is 0 Å². The molecule has 0 aliphatic carbocycles. The summed E-state index contributed by atoms with van der Waals surface area (Å²) in [5.41, 5.74) is -0.927. The van der Waals surface area contributed by atoms with Gasteiger partial charge in [-0.3, -0.25) is 9.59 Å². The third kappa shape index (κ3) is 8.02. The van der Waals surface area contributed by atoms with Gasteiger partial charge in [-0.2, -0.15) is 0 Å². The number of aliphatic carboxylic acids is 1. The normalized spacial score (nSPS) is 12.2. The Morgan fingerprint density at radius 3 is 2.33 bits per heavy atom. The van der Waals surface area contributed by atoms with Crippen LogP contribution < -0.4 is 4.72 Å².